The summed E-state index contributed by atoms with van der Waals surface area (Å²) in [5.41, 5.74) is -0.0833. The second-order valence-corrected chi connectivity index (χ2v) is 3.10. The van der Waals surface area contributed by atoms with E-state index in [-0.39, 0.29) is 5.56 Å². The Hall–Kier alpha value is -0.510. The number of hydrogen-bond acceptors (Lipinski definition) is 1. The Morgan fingerprint density at radius 2 is 2.18 bits per heavy atom. The molecule has 4 heteroatoms. The second-order valence-electron chi connectivity index (χ2n) is 2.24. The zero-order valence-electron chi connectivity index (χ0n) is 5.81. The van der Waals surface area contributed by atoms with Crippen molar-refractivity contribution in [3.05, 3.63) is 28.5 Å². The summed E-state index contributed by atoms with van der Waals surface area (Å²) < 4.78 is 25.7. The average Bonchev–Trinajstić information content (AvgIpc) is 1.86. The van der Waals surface area contributed by atoms with Crippen LogP contribution in [-0.2, 0) is 5.92 Å². The molecule has 0 amide bonds. The highest BCUT2D eigenvalue weighted by molar-refractivity contribution is 9.10. The van der Waals surface area contributed by atoms with E-state index in [0.717, 1.165) is 13.1 Å². The second kappa shape index (κ2) is 2.85. The third kappa shape index (κ3) is 1.96. The summed E-state index contributed by atoms with van der Waals surface area (Å²) in [7, 11) is 0. The molecule has 0 N–H and O–H groups in total. The van der Waals surface area contributed by atoms with Gasteiger partial charge in [-0.2, -0.15) is 0 Å². The molecule has 0 atom stereocenters. The summed E-state index contributed by atoms with van der Waals surface area (Å²) >= 11 is 3.01. The fourth-order valence-corrected chi connectivity index (χ4v) is 1.27. The van der Waals surface area contributed by atoms with Crippen molar-refractivity contribution in [2.45, 2.75) is 12.8 Å². The van der Waals surface area contributed by atoms with Gasteiger partial charge in [-0.15, -0.1) is 0 Å². The fraction of sp³-hybridized carbons (Fsp3) is 0.286. The van der Waals surface area contributed by atoms with E-state index in [4.69, 9.17) is 0 Å². The number of rotatable bonds is 1. The SMILES string of the molecule is CC(F)(F)c1cnccc1Br. The molecule has 1 aromatic heterocycles. The topological polar surface area (TPSA) is 12.9 Å². The summed E-state index contributed by atoms with van der Waals surface area (Å²) in [5.74, 6) is -2.83. The van der Waals surface area contributed by atoms with Gasteiger partial charge in [0.1, 0.15) is 0 Å². The van der Waals surface area contributed by atoms with Gasteiger partial charge in [0.05, 0.1) is 5.56 Å². The lowest BCUT2D eigenvalue weighted by Gasteiger charge is -2.10. The van der Waals surface area contributed by atoms with Crippen molar-refractivity contribution in [1.82, 2.24) is 4.98 Å². The zero-order chi connectivity index (χ0) is 8.48. The number of hydrogen-bond donors (Lipinski definition) is 0. The first-order valence-electron chi connectivity index (χ1n) is 2.99. The Kier molecular flexibility index (Phi) is 2.23. The lowest BCUT2D eigenvalue weighted by atomic mass is 10.2. The number of aromatic nitrogens is 1. The molecule has 0 radical (unpaired) electrons. The molecule has 0 bridgehead atoms. The molecular formula is C7H6BrF2N. The van der Waals surface area contributed by atoms with Crippen molar-refractivity contribution in [3.63, 3.8) is 0 Å². The largest absolute Gasteiger partial charge is 0.273 e. The molecule has 1 aromatic rings. The van der Waals surface area contributed by atoms with Crippen LogP contribution in [0.15, 0.2) is 22.9 Å². The summed E-state index contributed by atoms with van der Waals surface area (Å²) in [6.07, 6.45) is 2.61. The molecule has 1 rings (SSSR count). The molecule has 0 spiro atoms. The first-order valence-corrected chi connectivity index (χ1v) is 3.79. The highest BCUT2D eigenvalue weighted by atomic mass is 79.9. The molecular weight excluding hydrogens is 216 g/mol. The molecule has 0 fully saturated rings. The van der Waals surface area contributed by atoms with E-state index in [9.17, 15) is 8.78 Å². The van der Waals surface area contributed by atoms with Crippen LogP contribution in [0.25, 0.3) is 0 Å². The van der Waals surface area contributed by atoms with Gasteiger partial charge in [0.2, 0.25) is 0 Å². The molecule has 0 aliphatic heterocycles. The molecule has 0 saturated carbocycles. The van der Waals surface area contributed by atoms with Gasteiger partial charge in [0, 0.05) is 23.8 Å². The molecule has 0 aromatic carbocycles. The fourth-order valence-electron chi connectivity index (χ4n) is 0.701. The van der Waals surface area contributed by atoms with Crippen LogP contribution in [0, 0.1) is 0 Å². The predicted molar refractivity (Wildman–Crippen MR) is 41.5 cm³/mol. The summed E-state index contributed by atoms with van der Waals surface area (Å²) in [6.45, 7) is 0.842. The lowest BCUT2D eigenvalue weighted by molar-refractivity contribution is 0.0163. The minimum atomic E-state index is -2.83. The molecule has 60 valence electrons. The molecule has 0 aliphatic carbocycles. The van der Waals surface area contributed by atoms with Gasteiger partial charge in [0.25, 0.3) is 5.92 Å². The zero-order valence-corrected chi connectivity index (χ0v) is 7.40. The molecule has 0 saturated heterocycles. The highest BCUT2D eigenvalue weighted by Gasteiger charge is 2.26. The van der Waals surface area contributed by atoms with Crippen LogP contribution in [-0.4, -0.2) is 4.98 Å². The normalized spacial score (nSPS) is 11.6. The average molecular weight is 222 g/mol. The van der Waals surface area contributed by atoms with Gasteiger partial charge >= 0.3 is 0 Å². The van der Waals surface area contributed by atoms with Crippen LogP contribution in [0.4, 0.5) is 8.78 Å². The number of halogens is 3. The van der Waals surface area contributed by atoms with Crippen molar-refractivity contribution in [1.29, 1.82) is 0 Å². The van der Waals surface area contributed by atoms with Crippen LogP contribution < -0.4 is 0 Å². The van der Waals surface area contributed by atoms with Gasteiger partial charge in [-0.25, -0.2) is 8.78 Å². The third-order valence-corrected chi connectivity index (χ3v) is 1.93. The van der Waals surface area contributed by atoms with Crippen molar-refractivity contribution < 1.29 is 8.78 Å². The molecule has 0 aliphatic rings. The van der Waals surface area contributed by atoms with Crippen LogP contribution >= 0.6 is 15.9 Å². The number of nitrogens with zero attached hydrogens (tertiary/aromatic N) is 1. The predicted octanol–water partition coefficient (Wildman–Crippen LogP) is 2.96. The third-order valence-electron chi connectivity index (χ3n) is 1.24. The van der Waals surface area contributed by atoms with E-state index < -0.39 is 5.92 Å². The van der Waals surface area contributed by atoms with Crippen LogP contribution in [0.1, 0.15) is 12.5 Å². The number of alkyl halides is 2. The Labute approximate surface area is 71.6 Å². The summed E-state index contributed by atoms with van der Waals surface area (Å²) in [5, 5.41) is 0. The van der Waals surface area contributed by atoms with Crippen LogP contribution in [0.3, 0.4) is 0 Å². The molecule has 1 nitrogen and oxygen atoms in total. The first kappa shape index (κ1) is 8.59. The minimum Gasteiger partial charge on any atom is -0.264 e. The maximum atomic E-state index is 12.6. The van der Waals surface area contributed by atoms with E-state index in [0.29, 0.717) is 4.47 Å². The van der Waals surface area contributed by atoms with E-state index in [1.807, 2.05) is 0 Å². The standard InChI is InChI=1S/C7H6BrF2N/c1-7(9,10)5-4-11-3-2-6(5)8/h2-4H,1H3. The Balaban J connectivity index is 3.14. The van der Waals surface area contributed by atoms with Gasteiger partial charge < -0.3 is 0 Å². The van der Waals surface area contributed by atoms with Crippen molar-refractivity contribution >= 4 is 15.9 Å². The molecule has 1 heterocycles. The van der Waals surface area contributed by atoms with Crippen molar-refractivity contribution in [3.8, 4) is 0 Å². The molecule has 11 heavy (non-hydrogen) atoms. The van der Waals surface area contributed by atoms with Gasteiger partial charge in [-0.3, -0.25) is 4.98 Å². The van der Waals surface area contributed by atoms with Gasteiger partial charge in [-0.1, -0.05) is 15.9 Å². The maximum absolute atomic E-state index is 12.6. The van der Waals surface area contributed by atoms with Crippen LogP contribution in [0.5, 0.6) is 0 Å². The molecule has 0 unspecified atom stereocenters. The maximum Gasteiger partial charge on any atom is 0.273 e. The van der Waals surface area contributed by atoms with E-state index in [1.165, 1.54) is 12.3 Å². The smallest absolute Gasteiger partial charge is 0.264 e. The summed E-state index contributed by atoms with van der Waals surface area (Å²) in [6, 6.07) is 1.49. The highest BCUT2D eigenvalue weighted by Crippen LogP contribution is 2.31. The number of pyridine rings is 1. The minimum absolute atomic E-state index is 0.0833. The summed E-state index contributed by atoms with van der Waals surface area (Å²) in [4.78, 5) is 3.60. The van der Waals surface area contributed by atoms with Crippen molar-refractivity contribution in [2.75, 3.05) is 0 Å². The monoisotopic (exact) mass is 221 g/mol. The van der Waals surface area contributed by atoms with Gasteiger partial charge in [-0.05, 0) is 6.07 Å². The quantitative estimate of drug-likeness (QED) is 0.711. The first-order chi connectivity index (χ1) is 5.02. The Bertz CT molecular complexity index is 257. The van der Waals surface area contributed by atoms with Crippen LogP contribution in [0.2, 0.25) is 0 Å². The Morgan fingerprint density at radius 1 is 1.55 bits per heavy atom. The van der Waals surface area contributed by atoms with E-state index in [2.05, 4.69) is 20.9 Å². The van der Waals surface area contributed by atoms with Gasteiger partial charge in [0.15, 0.2) is 0 Å². The Morgan fingerprint density at radius 3 is 2.55 bits per heavy atom. The van der Waals surface area contributed by atoms with Crippen molar-refractivity contribution in [2.24, 2.45) is 0 Å². The lowest BCUT2D eigenvalue weighted by Crippen LogP contribution is -2.07. The van der Waals surface area contributed by atoms with E-state index >= 15 is 0 Å². The van der Waals surface area contributed by atoms with E-state index in [1.54, 1.807) is 0 Å².